The van der Waals surface area contributed by atoms with Crippen LogP contribution in [0.1, 0.15) is 5.56 Å². The van der Waals surface area contributed by atoms with Crippen molar-refractivity contribution in [2.45, 2.75) is 12.7 Å². The third kappa shape index (κ3) is 5.41. The molecule has 0 spiro atoms. The molecule has 0 atom stereocenters. The molecule has 4 rings (SSSR count). The Morgan fingerprint density at radius 1 is 0.970 bits per heavy atom. The number of carbonyl (C=O) groups excluding carboxylic acids is 1. The van der Waals surface area contributed by atoms with E-state index >= 15 is 0 Å². The van der Waals surface area contributed by atoms with Crippen LogP contribution in [0.15, 0.2) is 64.0 Å². The first-order valence-electron chi connectivity index (χ1n) is 10.1. The average Bonchev–Trinajstić information content (AvgIpc) is 2.81. The normalized spacial score (nSPS) is 14.4. The lowest BCUT2D eigenvalue weighted by Gasteiger charge is -2.35. The Bertz CT molecular complexity index is 1190. The predicted octanol–water partition coefficient (Wildman–Crippen LogP) is 3.44. The molecule has 1 saturated heterocycles. The van der Waals surface area contributed by atoms with Gasteiger partial charge in [-0.15, -0.1) is 0 Å². The van der Waals surface area contributed by atoms with Crippen LogP contribution in [0.5, 0.6) is 0 Å². The molecule has 1 aliphatic rings. The summed E-state index contributed by atoms with van der Waals surface area (Å²) in [5.74, 6) is 0.174. The van der Waals surface area contributed by atoms with Crippen LogP contribution in [-0.4, -0.2) is 51.8 Å². The molecule has 172 valence electrons. The smallest absolute Gasteiger partial charge is 0.353 e. The van der Waals surface area contributed by atoms with Crippen molar-refractivity contribution in [1.82, 2.24) is 19.7 Å². The zero-order valence-electron chi connectivity index (χ0n) is 17.3. The Balaban J connectivity index is 1.39. The van der Waals surface area contributed by atoms with Gasteiger partial charge in [-0.2, -0.15) is 18.3 Å². The number of piperazine rings is 1. The van der Waals surface area contributed by atoms with Crippen molar-refractivity contribution < 1.29 is 18.0 Å². The summed E-state index contributed by atoms with van der Waals surface area (Å²) in [5.41, 5.74) is 0.213. The highest BCUT2D eigenvalue weighted by molar-refractivity contribution is 9.10. The maximum Gasteiger partial charge on any atom is 0.417 e. The number of anilines is 1. The molecule has 0 radical (unpaired) electrons. The first kappa shape index (κ1) is 23.0. The van der Waals surface area contributed by atoms with Gasteiger partial charge in [0.15, 0.2) is 0 Å². The molecular formula is C22H19BrF3N5O2. The fraction of sp³-hybridized carbons (Fsp3) is 0.273. The molecule has 0 bridgehead atoms. The number of alkyl halides is 3. The summed E-state index contributed by atoms with van der Waals surface area (Å²) in [6.07, 6.45) is -3.62. The van der Waals surface area contributed by atoms with Gasteiger partial charge in [0, 0.05) is 48.5 Å². The molecule has 3 aromatic rings. The number of hydrogen-bond acceptors (Lipinski definition) is 5. The van der Waals surface area contributed by atoms with Gasteiger partial charge >= 0.3 is 6.18 Å². The van der Waals surface area contributed by atoms with Crippen LogP contribution in [0.3, 0.4) is 0 Å². The van der Waals surface area contributed by atoms with E-state index < -0.39 is 11.7 Å². The van der Waals surface area contributed by atoms with E-state index in [0.717, 1.165) is 27.0 Å². The number of benzene rings is 1. The number of pyridine rings is 1. The zero-order valence-corrected chi connectivity index (χ0v) is 18.9. The molecule has 2 aromatic heterocycles. The fourth-order valence-electron chi connectivity index (χ4n) is 3.49. The van der Waals surface area contributed by atoms with Crippen LogP contribution in [-0.2, 0) is 17.5 Å². The molecule has 0 N–H and O–H groups in total. The second kappa shape index (κ2) is 9.34. The van der Waals surface area contributed by atoms with Gasteiger partial charge in [0.2, 0.25) is 5.91 Å². The Hall–Kier alpha value is -3.21. The first-order chi connectivity index (χ1) is 15.7. The molecule has 11 heteroatoms. The quantitative estimate of drug-likeness (QED) is 0.526. The van der Waals surface area contributed by atoms with Crippen LogP contribution >= 0.6 is 15.9 Å². The van der Waals surface area contributed by atoms with E-state index in [0.29, 0.717) is 37.7 Å². The molecule has 0 unspecified atom stereocenters. The van der Waals surface area contributed by atoms with E-state index in [-0.39, 0.29) is 18.0 Å². The number of carbonyl (C=O) groups is 1. The number of rotatable bonds is 4. The summed E-state index contributed by atoms with van der Waals surface area (Å²) in [4.78, 5) is 32.3. The Morgan fingerprint density at radius 2 is 1.67 bits per heavy atom. The molecule has 1 fully saturated rings. The van der Waals surface area contributed by atoms with Gasteiger partial charge in [-0.05, 0) is 30.3 Å². The average molecular weight is 522 g/mol. The molecule has 33 heavy (non-hydrogen) atoms. The summed E-state index contributed by atoms with van der Waals surface area (Å²) >= 11 is 3.37. The largest absolute Gasteiger partial charge is 0.417 e. The van der Waals surface area contributed by atoms with E-state index in [9.17, 15) is 22.8 Å². The lowest BCUT2D eigenvalue weighted by Crippen LogP contribution is -2.50. The zero-order chi connectivity index (χ0) is 23.6. The Kier molecular flexibility index (Phi) is 6.50. The molecule has 1 aromatic carbocycles. The molecule has 0 saturated carbocycles. The van der Waals surface area contributed by atoms with Crippen LogP contribution in [0, 0.1) is 0 Å². The minimum atomic E-state index is -4.43. The minimum absolute atomic E-state index is 0.193. The highest BCUT2D eigenvalue weighted by Gasteiger charge is 2.31. The predicted molar refractivity (Wildman–Crippen MR) is 120 cm³/mol. The van der Waals surface area contributed by atoms with Crippen molar-refractivity contribution >= 4 is 27.7 Å². The van der Waals surface area contributed by atoms with Crippen molar-refractivity contribution in [2.24, 2.45) is 0 Å². The molecule has 7 nitrogen and oxygen atoms in total. The van der Waals surface area contributed by atoms with E-state index in [4.69, 9.17) is 0 Å². The van der Waals surface area contributed by atoms with E-state index in [1.165, 1.54) is 12.1 Å². The molecule has 0 aliphatic carbocycles. The van der Waals surface area contributed by atoms with Gasteiger partial charge < -0.3 is 9.80 Å². The molecule has 3 heterocycles. The summed E-state index contributed by atoms with van der Waals surface area (Å²) in [7, 11) is 0. The lowest BCUT2D eigenvalue weighted by atomic mass is 10.1. The Morgan fingerprint density at radius 3 is 2.27 bits per heavy atom. The molecule has 1 aliphatic heterocycles. The van der Waals surface area contributed by atoms with Crippen molar-refractivity contribution in [1.29, 1.82) is 0 Å². The first-order valence-corrected chi connectivity index (χ1v) is 10.9. The van der Waals surface area contributed by atoms with Crippen molar-refractivity contribution in [3.8, 4) is 11.3 Å². The van der Waals surface area contributed by atoms with Gasteiger partial charge in [0.05, 0.1) is 11.3 Å². The van der Waals surface area contributed by atoms with Crippen molar-refractivity contribution in [3.63, 3.8) is 0 Å². The van der Waals surface area contributed by atoms with Crippen molar-refractivity contribution in [3.05, 3.63) is 75.1 Å². The van der Waals surface area contributed by atoms with Gasteiger partial charge in [-0.1, -0.05) is 28.1 Å². The summed E-state index contributed by atoms with van der Waals surface area (Å²) in [6, 6.07) is 12.8. The summed E-state index contributed by atoms with van der Waals surface area (Å²) in [5, 5.41) is 4.33. The summed E-state index contributed by atoms with van der Waals surface area (Å²) in [6.45, 7) is 1.38. The SMILES string of the molecule is O=C(Cn1nc(-c2ccc(Br)cc2)ccc1=O)N1CCN(c2ccc(C(F)(F)F)cn2)CC1. The standard InChI is InChI=1S/C22H19BrF3N5O2/c23-17-4-1-15(2-5-17)18-6-8-20(32)31(28-18)14-21(33)30-11-9-29(10-12-30)19-7-3-16(13-27-19)22(24,25)26/h1-8,13H,9-12,14H2. The third-order valence-corrected chi connectivity index (χ3v) is 5.85. The highest BCUT2D eigenvalue weighted by Crippen LogP contribution is 2.29. The van der Waals surface area contributed by atoms with Crippen LogP contribution in [0.4, 0.5) is 19.0 Å². The number of aromatic nitrogens is 3. The minimum Gasteiger partial charge on any atom is -0.353 e. The maximum absolute atomic E-state index is 12.8. The maximum atomic E-state index is 12.8. The Labute approximate surface area is 195 Å². The number of amides is 1. The van der Waals surface area contributed by atoms with Crippen LogP contribution < -0.4 is 10.5 Å². The van der Waals surface area contributed by atoms with E-state index in [2.05, 4.69) is 26.0 Å². The van der Waals surface area contributed by atoms with Gasteiger partial charge in [-0.3, -0.25) is 9.59 Å². The van der Waals surface area contributed by atoms with Crippen molar-refractivity contribution in [2.75, 3.05) is 31.1 Å². The van der Waals surface area contributed by atoms with E-state index in [1.807, 2.05) is 29.2 Å². The number of nitrogens with zero attached hydrogens (tertiary/aromatic N) is 5. The molecular weight excluding hydrogens is 503 g/mol. The van der Waals surface area contributed by atoms with E-state index in [1.54, 1.807) is 11.0 Å². The van der Waals surface area contributed by atoms with Crippen LogP contribution in [0.2, 0.25) is 0 Å². The molecule has 1 amide bonds. The third-order valence-electron chi connectivity index (χ3n) is 5.32. The monoisotopic (exact) mass is 521 g/mol. The number of hydrogen-bond donors (Lipinski definition) is 0. The lowest BCUT2D eigenvalue weighted by molar-refractivity contribution is -0.138. The second-order valence-corrected chi connectivity index (χ2v) is 8.41. The van der Waals surface area contributed by atoms with Gasteiger partial charge in [-0.25, -0.2) is 9.67 Å². The van der Waals surface area contributed by atoms with Gasteiger partial charge in [0.1, 0.15) is 12.4 Å². The summed E-state index contributed by atoms with van der Waals surface area (Å²) < 4.78 is 40.2. The topological polar surface area (TPSA) is 71.3 Å². The highest BCUT2D eigenvalue weighted by atomic mass is 79.9. The second-order valence-electron chi connectivity index (χ2n) is 7.49. The fourth-order valence-corrected chi connectivity index (χ4v) is 3.76. The van der Waals surface area contributed by atoms with Gasteiger partial charge in [0.25, 0.3) is 5.56 Å². The van der Waals surface area contributed by atoms with Crippen LogP contribution in [0.25, 0.3) is 11.3 Å². The number of halogens is 4.